The van der Waals surface area contributed by atoms with Gasteiger partial charge in [-0.2, -0.15) is 0 Å². The molecule has 5 amide bonds. The van der Waals surface area contributed by atoms with Gasteiger partial charge >= 0.3 is 0 Å². The Bertz CT molecular complexity index is 2370. The number of hydrogen-bond acceptors (Lipinski definition) is 16. The third-order valence-corrected chi connectivity index (χ3v) is 14.9. The van der Waals surface area contributed by atoms with Gasteiger partial charge in [0.05, 0.1) is 57.6 Å². The van der Waals surface area contributed by atoms with Gasteiger partial charge in [0.2, 0.25) is 29.5 Å². The molecule has 0 unspecified atom stereocenters. The highest BCUT2D eigenvalue weighted by Crippen LogP contribution is 2.34. The van der Waals surface area contributed by atoms with Crippen molar-refractivity contribution in [1.82, 2.24) is 35.7 Å². The summed E-state index contributed by atoms with van der Waals surface area (Å²) in [6.07, 6.45) is -1.78. The maximum Gasteiger partial charge on any atom is 0.246 e. The normalized spacial score (nSPS) is 18.8. The number of β-amino-alcohol motifs (C(OH)–C–C–N with tert-alkyl or cyclic N) is 2. The number of ketones is 1. The SMILES string of the molecule is Cc1ncsc1-c1ccc(CNC(=O)[C@@H]2C[C@@H](O)CN2C(=O)[C@@H](CC(=O)COCCOCOCOCC(=O)N[C@H](C(=O)N2C[C@H](O)C[C@H]2C(=O)NCc2ccc(-c3scnc3C)cc2)C(C)(C)C)C(C)(C)C)cc1. The highest BCUT2D eigenvalue weighted by Gasteiger charge is 2.46. The van der Waals surface area contributed by atoms with Crippen LogP contribution in [-0.2, 0) is 60.8 Å². The molecule has 0 aliphatic carbocycles. The number of Topliss-reactive ketones (excluding diaryl/α,β-unsaturated/α-hetero) is 1. The van der Waals surface area contributed by atoms with Gasteiger partial charge in [-0.15, -0.1) is 22.7 Å². The number of aromatic nitrogens is 2. The zero-order chi connectivity index (χ0) is 53.7. The molecule has 74 heavy (non-hydrogen) atoms. The maximum absolute atomic E-state index is 14.0. The molecule has 21 heteroatoms. The van der Waals surface area contributed by atoms with E-state index in [1.165, 1.54) is 9.80 Å². The van der Waals surface area contributed by atoms with E-state index in [2.05, 4.69) is 25.9 Å². The number of aliphatic hydroxyl groups is 2. The van der Waals surface area contributed by atoms with Crippen molar-refractivity contribution < 1.29 is 57.9 Å². The number of amides is 5. The number of aliphatic hydroxyl groups excluding tert-OH is 2. The lowest BCUT2D eigenvalue weighted by molar-refractivity contribution is -0.153. The molecular weight excluding hydrogens is 991 g/mol. The summed E-state index contributed by atoms with van der Waals surface area (Å²) in [7, 11) is 0. The van der Waals surface area contributed by atoms with Crippen LogP contribution in [0, 0.1) is 30.6 Å². The summed E-state index contributed by atoms with van der Waals surface area (Å²) < 4.78 is 21.6. The Morgan fingerprint density at radius 2 is 1.12 bits per heavy atom. The first kappa shape index (κ1) is 57.8. The van der Waals surface area contributed by atoms with E-state index in [9.17, 15) is 39.0 Å². The van der Waals surface area contributed by atoms with E-state index in [0.29, 0.717) is 0 Å². The number of likely N-dealkylation sites (tertiary alicyclic amines) is 2. The summed E-state index contributed by atoms with van der Waals surface area (Å²) in [6.45, 7) is 14.1. The topological polar surface area (TPSA) is 248 Å². The van der Waals surface area contributed by atoms with Crippen LogP contribution >= 0.6 is 22.7 Å². The van der Waals surface area contributed by atoms with Crippen LogP contribution in [0.1, 0.15) is 83.3 Å². The fourth-order valence-electron chi connectivity index (χ4n) is 8.85. The largest absolute Gasteiger partial charge is 0.391 e. The molecule has 0 radical (unpaired) electrons. The Kier molecular flexibility index (Phi) is 20.5. The van der Waals surface area contributed by atoms with Gasteiger partial charge in [-0.1, -0.05) is 90.1 Å². The summed E-state index contributed by atoms with van der Waals surface area (Å²) in [6, 6.07) is 12.7. The standard InChI is InChI=1S/C53H71N7O12S2/c1-32-45(73-28-56-32)36-13-9-34(10-14-36)22-54-48(65)42-20-38(61)24-59(42)50(67)41(52(3,4)5)19-40(63)26-69-17-18-70-30-72-31-71-27-44(64)58-47(53(6,7)8)51(68)60-25-39(62)21-43(60)49(66)55-23-35-11-15-37(16-12-35)46-33(2)57-29-74-46/h9-16,28-29,38-39,41-43,47,61-62H,17-27,30-31H2,1-8H3,(H,54,65)(H,55,66)(H,58,64)/t38-,39-,41-,42+,43+,47-/m1/s1. The number of hydrogen-bond donors (Lipinski definition) is 5. The zero-order valence-corrected chi connectivity index (χ0v) is 45.1. The van der Waals surface area contributed by atoms with E-state index in [-0.39, 0.29) is 96.4 Å². The summed E-state index contributed by atoms with van der Waals surface area (Å²) in [5, 5.41) is 29.7. The number of thiazole rings is 2. The lowest BCUT2D eigenvalue weighted by atomic mass is 9.77. The predicted octanol–water partition coefficient (Wildman–Crippen LogP) is 4.54. The highest BCUT2D eigenvalue weighted by atomic mass is 32.1. The summed E-state index contributed by atoms with van der Waals surface area (Å²) >= 11 is 3.12. The lowest BCUT2D eigenvalue weighted by Gasteiger charge is -2.35. The molecule has 0 saturated carbocycles. The molecule has 2 saturated heterocycles. The molecule has 5 N–H and O–H groups in total. The third-order valence-electron chi connectivity index (χ3n) is 13.0. The number of ether oxygens (including phenoxy) is 4. The Morgan fingerprint density at radius 3 is 1.58 bits per heavy atom. The number of nitrogens with zero attached hydrogens (tertiary/aromatic N) is 4. The third kappa shape index (κ3) is 16.0. The molecule has 2 fully saturated rings. The Labute approximate surface area is 440 Å². The van der Waals surface area contributed by atoms with Crippen molar-refractivity contribution in [3.05, 3.63) is 82.1 Å². The molecule has 4 aromatic rings. The number of nitrogens with one attached hydrogen (secondary N) is 3. The average Bonchev–Trinajstić information content (AvgIpc) is 4.17. The van der Waals surface area contributed by atoms with Crippen molar-refractivity contribution in [2.75, 3.05) is 53.1 Å². The average molecular weight is 1060 g/mol. The van der Waals surface area contributed by atoms with Crippen LogP contribution < -0.4 is 16.0 Å². The molecule has 402 valence electrons. The maximum atomic E-state index is 14.0. The Morgan fingerprint density at radius 1 is 0.649 bits per heavy atom. The van der Waals surface area contributed by atoms with Gasteiger partial charge in [0, 0.05) is 51.4 Å². The monoisotopic (exact) mass is 1060 g/mol. The number of benzene rings is 2. The molecule has 0 bridgehead atoms. The van der Waals surface area contributed by atoms with Gasteiger partial charge in [0.15, 0.2) is 5.78 Å². The van der Waals surface area contributed by atoms with E-state index in [4.69, 9.17) is 18.9 Å². The molecule has 19 nitrogen and oxygen atoms in total. The molecular formula is C53H71N7O12S2. The van der Waals surface area contributed by atoms with Crippen LogP contribution in [0.25, 0.3) is 20.9 Å². The lowest BCUT2D eigenvalue weighted by Crippen LogP contribution is -2.58. The fourth-order valence-corrected chi connectivity index (χ4v) is 10.5. The van der Waals surface area contributed by atoms with Crippen molar-refractivity contribution in [2.45, 2.75) is 118 Å². The van der Waals surface area contributed by atoms with Gasteiger partial charge in [0.1, 0.15) is 44.9 Å². The van der Waals surface area contributed by atoms with Crippen LogP contribution in [0.3, 0.4) is 0 Å². The van der Waals surface area contributed by atoms with Crippen LogP contribution in [-0.4, -0.2) is 149 Å². The van der Waals surface area contributed by atoms with E-state index < -0.39 is 71.4 Å². The molecule has 0 spiro atoms. The van der Waals surface area contributed by atoms with Crippen LogP contribution in [0.2, 0.25) is 0 Å². The van der Waals surface area contributed by atoms with Gasteiger partial charge in [-0.3, -0.25) is 28.8 Å². The molecule has 2 aliphatic heterocycles. The number of rotatable bonds is 24. The van der Waals surface area contributed by atoms with Crippen molar-refractivity contribution in [1.29, 1.82) is 0 Å². The molecule has 6 rings (SSSR count). The van der Waals surface area contributed by atoms with Crippen LogP contribution in [0.5, 0.6) is 0 Å². The molecule has 2 aromatic carbocycles. The second kappa shape index (κ2) is 26.3. The van der Waals surface area contributed by atoms with Crippen molar-refractivity contribution in [2.24, 2.45) is 16.7 Å². The minimum Gasteiger partial charge on any atom is -0.391 e. The highest BCUT2D eigenvalue weighted by molar-refractivity contribution is 7.13. The quantitative estimate of drug-likeness (QED) is 0.0478. The smallest absolute Gasteiger partial charge is 0.246 e. The predicted molar refractivity (Wildman–Crippen MR) is 278 cm³/mol. The second-order valence-electron chi connectivity index (χ2n) is 20.9. The summed E-state index contributed by atoms with van der Waals surface area (Å²) in [4.78, 5) is 94.5. The molecule has 4 heterocycles. The molecule has 2 aromatic heterocycles. The van der Waals surface area contributed by atoms with E-state index in [0.717, 1.165) is 43.4 Å². The first-order valence-electron chi connectivity index (χ1n) is 24.7. The van der Waals surface area contributed by atoms with E-state index >= 15 is 0 Å². The minimum atomic E-state index is -1.04. The van der Waals surface area contributed by atoms with E-state index in [1.54, 1.807) is 54.5 Å². The first-order valence-corrected chi connectivity index (χ1v) is 26.5. The summed E-state index contributed by atoms with van der Waals surface area (Å²) in [5.74, 6) is -3.36. The van der Waals surface area contributed by atoms with Gasteiger partial charge < -0.3 is 54.9 Å². The zero-order valence-electron chi connectivity index (χ0n) is 43.5. The van der Waals surface area contributed by atoms with E-state index in [1.807, 2.05) is 83.1 Å². The van der Waals surface area contributed by atoms with Gasteiger partial charge in [-0.05, 0) is 46.9 Å². The Balaban J connectivity index is 0.860. The Hall–Kier alpha value is -5.52. The van der Waals surface area contributed by atoms with Gasteiger partial charge in [0.25, 0.3) is 0 Å². The number of carbonyl (C=O) groups excluding carboxylic acids is 6. The second-order valence-corrected chi connectivity index (χ2v) is 22.6. The van der Waals surface area contributed by atoms with Crippen molar-refractivity contribution in [3.8, 4) is 20.9 Å². The van der Waals surface area contributed by atoms with Crippen molar-refractivity contribution in [3.63, 3.8) is 0 Å². The minimum absolute atomic E-state index is 0.0188. The number of aryl methyl sites for hydroxylation is 2. The molecule has 2 aliphatic rings. The first-order chi connectivity index (χ1) is 35.1. The fraction of sp³-hybridized carbons (Fsp3) is 0.547. The van der Waals surface area contributed by atoms with Crippen LogP contribution in [0.15, 0.2) is 59.6 Å². The van der Waals surface area contributed by atoms with Crippen molar-refractivity contribution >= 4 is 58.0 Å². The summed E-state index contributed by atoms with van der Waals surface area (Å²) in [5.41, 5.74) is 7.89. The molecule has 6 atom stereocenters. The number of carbonyl (C=O) groups is 6. The van der Waals surface area contributed by atoms with Crippen LogP contribution in [0.4, 0.5) is 0 Å². The van der Waals surface area contributed by atoms with Gasteiger partial charge in [-0.25, -0.2) is 9.97 Å².